The van der Waals surface area contributed by atoms with E-state index in [4.69, 9.17) is 6.42 Å². The number of amides is 4. The quantitative estimate of drug-likeness (QED) is 0.324. The van der Waals surface area contributed by atoms with Gasteiger partial charge >= 0.3 is 0 Å². The zero-order valence-electron chi connectivity index (χ0n) is 19.0. The molecule has 6 nitrogen and oxygen atoms in total. The average Bonchev–Trinajstić information content (AvgIpc) is 2.90. The van der Waals surface area contributed by atoms with Crippen LogP contribution in [0.3, 0.4) is 0 Å². The second-order valence-corrected chi connectivity index (χ2v) is 8.66. The van der Waals surface area contributed by atoms with Crippen molar-refractivity contribution in [2.24, 2.45) is 0 Å². The third-order valence-electron chi connectivity index (χ3n) is 6.72. The van der Waals surface area contributed by atoms with Gasteiger partial charge < -0.3 is 0 Å². The van der Waals surface area contributed by atoms with Crippen LogP contribution in [-0.4, -0.2) is 46.5 Å². The Kier molecular flexibility index (Phi) is 4.80. The van der Waals surface area contributed by atoms with Crippen molar-refractivity contribution in [1.82, 2.24) is 9.80 Å². The molecule has 0 aliphatic carbocycles. The Morgan fingerprint density at radius 1 is 0.667 bits per heavy atom. The summed E-state index contributed by atoms with van der Waals surface area (Å²) < 4.78 is 0. The first-order chi connectivity index (χ1) is 17.5. The van der Waals surface area contributed by atoms with Gasteiger partial charge in [0.25, 0.3) is 23.6 Å². The van der Waals surface area contributed by atoms with Crippen LogP contribution in [0.1, 0.15) is 47.0 Å². The standard InChI is InChI=1S/C30H18N2O4/c1-2-16-31-29(35)23-13-5-10-20-18(14-15-24(26(20)23)30(31)36)9-6-17-32-27(33)21-11-3-7-19-8-4-12-22(25(19)21)28(32)34/h1,3-15H,16-17H2/b9-6+. The van der Waals surface area contributed by atoms with E-state index in [-0.39, 0.29) is 24.9 Å². The largest absolute Gasteiger partial charge is 0.270 e. The van der Waals surface area contributed by atoms with Crippen molar-refractivity contribution < 1.29 is 19.2 Å². The normalized spacial score (nSPS) is 14.9. The molecule has 0 radical (unpaired) electrons. The molecule has 2 aliphatic rings. The highest BCUT2D eigenvalue weighted by Gasteiger charge is 2.33. The minimum absolute atomic E-state index is 0.0825. The maximum absolute atomic E-state index is 13.1. The molecule has 0 aromatic heterocycles. The number of rotatable bonds is 4. The summed E-state index contributed by atoms with van der Waals surface area (Å²) >= 11 is 0. The monoisotopic (exact) mass is 470 g/mol. The molecule has 4 aromatic carbocycles. The summed E-state index contributed by atoms with van der Waals surface area (Å²) in [5.41, 5.74) is 2.61. The number of terminal acetylenes is 1. The van der Waals surface area contributed by atoms with Gasteiger partial charge in [-0.3, -0.25) is 29.0 Å². The minimum Gasteiger partial charge on any atom is -0.270 e. The van der Waals surface area contributed by atoms with Crippen LogP contribution in [0.2, 0.25) is 0 Å². The van der Waals surface area contributed by atoms with Gasteiger partial charge in [0.15, 0.2) is 0 Å². The third-order valence-corrected chi connectivity index (χ3v) is 6.72. The number of imide groups is 2. The minimum atomic E-state index is -0.422. The highest BCUT2D eigenvalue weighted by atomic mass is 16.2. The molecule has 4 amide bonds. The average molecular weight is 470 g/mol. The van der Waals surface area contributed by atoms with Crippen LogP contribution < -0.4 is 0 Å². The van der Waals surface area contributed by atoms with Crippen molar-refractivity contribution in [2.75, 3.05) is 13.1 Å². The van der Waals surface area contributed by atoms with Crippen molar-refractivity contribution in [3.63, 3.8) is 0 Å². The lowest BCUT2D eigenvalue weighted by Crippen LogP contribution is -2.40. The van der Waals surface area contributed by atoms with Gasteiger partial charge in [0, 0.05) is 39.6 Å². The Hall–Kier alpha value is -5.02. The number of hydrogen-bond donors (Lipinski definition) is 0. The lowest BCUT2D eigenvalue weighted by atomic mass is 9.91. The van der Waals surface area contributed by atoms with Crippen LogP contribution in [0.4, 0.5) is 0 Å². The number of carbonyl (C=O) groups excluding carboxylic acids is 4. The van der Waals surface area contributed by atoms with Crippen LogP contribution in [0.15, 0.2) is 72.8 Å². The van der Waals surface area contributed by atoms with Gasteiger partial charge in [-0.2, -0.15) is 0 Å². The Morgan fingerprint density at radius 3 is 1.86 bits per heavy atom. The SMILES string of the molecule is C#CCN1C(=O)c2cccc3c(/C=C/CN4C(=O)c5cccc6cccc(c56)C4=O)ccc(c23)C1=O. The maximum Gasteiger partial charge on any atom is 0.262 e. The molecule has 0 N–H and O–H groups in total. The Balaban J connectivity index is 1.35. The first kappa shape index (κ1) is 21.5. The number of nitrogens with zero attached hydrogens (tertiary/aromatic N) is 2. The van der Waals surface area contributed by atoms with E-state index < -0.39 is 11.8 Å². The van der Waals surface area contributed by atoms with E-state index in [2.05, 4.69) is 5.92 Å². The summed E-state index contributed by atoms with van der Waals surface area (Å²) in [4.78, 5) is 54.4. The topological polar surface area (TPSA) is 74.8 Å². The smallest absolute Gasteiger partial charge is 0.262 e. The molecule has 36 heavy (non-hydrogen) atoms. The van der Waals surface area contributed by atoms with Gasteiger partial charge in [0.05, 0.1) is 6.54 Å². The first-order valence-corrected chi connectivity index (χ1v) is 11.4. The third kappa shape index (κ3) is 3.00. The molecule has 6 heteroatoms. The van der Waals surface area contributed by atoms with Gasteiger partial charge in [0.1, 0.15) is 0 Å². The molecule has 0 saturated carbocycles. The summed E-state index contributed by atoms with van der Waals surface area (Å²) in [6.07, 6.45) is 8.89. The van der Waals surface area contributed by atoms with E-state index in [1.807, 2.05) is 30.3 Å². The van der Waals surface area contributed by atoms with Crippen LogP contribution in [0.25, 0.3) is 27.6 Å². The van der Waals surface area contributed by atoms with E-state index in [0.717, 1.165) is 21.2 Å². The van der Waals surface area contributed by atoms with Crippen molar-refractivity contribution >= 4 is 51.2 Å². The Morgan fingerprint density at radius 2 is 1.22 bits per heavy atom. The molecule has 0 fully saturated rings. The molecule has 0 spiro atoms. The molecule has 172 valence electrons. The second-order valence-electron chi connectivity index (χ2n) is 8.66. The summed E-state index contributed by atoms with van der Waals surface area (Å²) in [5.74, 6) is 0.846. The van der Waals surface area contributed by atoms with Gasteiger partial charge in [-0.1, -0.05) is 60.5 Å². The first-order valence-electron chi connectivity index (χ1n) is 11.4. The van der Waals surface area contributed by atoms with Gasteiger partial charge in [-0.25, -0.2) is 0 Å². The molecule has 0 atom stereocenters. The maximum atomic E-state index is 13.1. The predicted octanol–water partition coefficient (Wildman–Crippen LogP) is 4.53. The Labute approximate surface area is 206 Å². The highest BCUT2D eigenvalue weighted by Crippen LogP contribution is 2.33. The molecule has 2 heterocycles. The van der Waals surface area contributed by atoms with Crippen molar-refractivity contribution in [3.05, 3.63) is 101 Å². The highest BCUT2D eigenvalue weighted by molar-refractivity contribution is 6.27. The van der Waals surface area contributed by atoms with Gasteiger partial charge in [-0.05, 0) is 40.6 Å². The summed E-state index contributed by atoms with van der Waals surface area (Å²) in [7, 11) is 0. The van der Waals surface area contributed by atoms with Crippen molar-refractivity contribution in [2.45, 2.75) is 0 Å². The number of carbonyl (C=O) groups is 4. The van der Waals surface area contributed by atoms with Crippen LogP contribution in [0, 0.1) is 12.3 Å². The number of hydrogen-bond acceptors (Lipinski definition) is 4. The molecule has 0 unspecified atom stereocenters. The second kappa shape index (κ2) is 8.03. The van der Waals surface area contributed by atoms with E-state index in [1.165, 1.54) is 4.90 Å². The zero-order chi connectivity index (χ0) is 25.0. The van der Waals surface area contributed by atoms with Crippen LogP contribution >= 0.6 is 0 Å². The van der Waals surface area contributed by atoms with E-state index in [0.29, 0.717) is 33.0 Å². The predicted molar refractivity (Wildman–Crippen MR) is 136 cm³/mol. The molecule has 0 saturated heterocycles. The lowest BCUT2D eigenvalue weighted by molar-refractivity contribution is 0.0615. The summed E-state index contributed by atoms with van der Waals surface area (Å²) in [6.45, 7) is -0.0109. The van der Waals surface area contributed by atoms with E-state index in [9.17, 15) is 19.2 Å². The van der Waals surface area contributed by atoms with E-state index >= 15 is 0 Å². The fraction of sp³-hybridized carbons (Fsp3) is 0.0667. The molecule has 4 aromatic rings. The van der Waals surface area contributed by atoms with Gasteiger partial charge in [0.2, 0.25) is 0 Å². The van der Waals surface area contributed by atoms with Crippen LogP contribution in [-0.2, 0) is 0 Å². The molecule has 2 aliphatic heterocycles. The van der Waals surface area contributed by atoms with Gasteiger partial charge in [-0.15, -0.1) is 6.42 Å². The molecule has 0 bridgehead atoms. The van der Waals surface area contributed by atoms with E-state index in [1.54, 1.807) is 48.6 Å². The summed E-state index contributed by atoms with van der Waals surface area (Å²) in [6, 6.07) is 19.6. The lowest BCUT2D eigenvalue weighted by Gasteiger charge is -2.26. The molecular weight excluding hydrogens is 452 g/mol. The molecule has 6 rings (SSSR count). The fourth-order valence-electron chi connectivity index (χ4n) is 5.08. The van der Waals surface area contributed by atoms with Crippen LogP contribution in [0.5, 0.6) is 0 Å². The fourth-order valence-corrected chi connectivity index (χ4v) is 5.08. The Bertz CT molecular complexity index is 1670. The molecular formula is C30H18N2O4. The zero-order valence-corrected chi connectivity index (χ0v) is 19.0. The summed E-state index contributed by atoms with van der Waals surface area (Å²) in [5, 5.41) is 2.85. The van der Waals surface area contributed by atoms with Crippen molar-refractivity contribution in [3.8, 4) is 12.3 Å². The number of benzene rings is 4. The van der Waals surface area contributed by atoms with Crippen molar-refractivity contribution in [1.29, 1.82) is 0 Å².